The molecule has 0 radical (unpaired) electrons. The summed E-state index contributed by atoms with van der Waals surface area (Å²) in [5, 5.41) is 17.9. The van der Waals surface area contributed by atoms with Crippen molar-refractivity contribution in [2.75, 3.05) is 0 Å². The van der Waals surface area contributed by atoms with Crippen molar-refractivity contribution in [2.24, 2.45) is 0 Å². The Hall–Kier alpha value is -2.47. The van der Waals surface area contributed by atoms with E-state index in [1.54, 1.807) is 0 Å². The van der Waals surface area contributed by atoms with Crippen molar-refractivity contribution in [1.82, 2.24) is 4.98 Å². The monoisotopic (exact) mass is 295 g/mol. The van der Waals surface area contributed by atoms with Crippen LogP contribution >= 0.6 is 11.6 Å². The summed E-state index contributed by atoms with van der Waals surface area (Å²) in [7, 11) is 0. The van der Waals surface area contributed by atoms with Crippen LogP contribution < -0.4 is 0 Å². The fourth-order valence-corrected chi connectivity index (χ4v) is 1.84. The quantitative estimate of drug-likeness (QED) is 0.850. The number of aromatic nitrogens is 1. The minimum Gasteiger partial charge on any atom is -0.478 e. The van der Waals surface area contributed by atoms with E-state index in [1.807, 2.05) is 0 Å². The number of pyridine rings is 1. The minimum absolute atomic E-state index is 0.0394. The summed E-state index contributed by atoms with van der Waals surface area (Å²) >= 11 is 5.61. The second-order valence-corrected chi connectivity index (χ2v) is 4.24. The zero-order chi connectivity index (χ0) is 14.9. The van der Waals surface area contributed by atoms with E-state index >= 15 is 0 Å². The van der Waals surface area contributed by atoms with E-state index in [9.17, 15) is 14.0 Å². The summed E-state index contributed by atoms with van der Waals surface area (Å²) in [6, 6.07) is 4.17. The lowest BCUT2D eigenvalue weighted by atomic mass is 9.99. The van der Waals surface area contributed by atoms with Gasteiger partial charge in [-0.15, -0.1) is 0 Å². The Bertz CT molecular complexity index is 718. The highest BCUT2D eigenvalue weighted by molar-refractivity contribution is 6.29. The highest BCUT2D eigenvalue weighted by Gasteiger charge is 2.17. The van der Waals surface area contributed by atoms with Crippen molar-refractivity contribution < 1.29 is 24.2 Å². The number of rotatable bonds is 3. The molecule has 0 aliphatic carbocycles. The molecule has 1 aromatic carbocycles. The van der Waals surface area contributed by atoms with E-state index < -0.39 is 17.8 Å². The Morgan fingerprint density at radius 3 is 2.40 bits per heavy atom. The Balaban J connectivity index is 2.71. The molecule has 0 unspecified atom stereocenters. The molecule has 102 valence electrons. The number of benzene rings is 1. The van der Waals surface area contributed by atoms with Gasteiger partial charge in [-0.3, -0.25) is 0 Å². The van der Waals surface area contributed by atoms with Gasteiger partial charge >= 0.3 is 11.9 Å². The molecule has 2 N–H and O–H groups in total. The van der Waals surface area contributed by atoms with Crippen LogP contribution in [0.2, 0.25) is 5.15 Å². The second-order valence-electron chi connectivity index (χ2n) is 3.86. The topological polar surface area (TPSA) is 87.5 Å². The molecule has 0 saturated carbocycles. The Morgan fingerprint density at radius 1 is 1.10 bits per heavy atom. The van der Waals surface area contributed by atoms with Gasteiger partial charge in [0.2, 0.25) is 0 Å². The first-order chi connectivity index (χ1) is 9.40. The predicted molar refractivity (Wildman–Crippen MR) is 68.6 cm³/mol. The highest BCUT2D eigenvalue weighted by atomic mass is 35.5. The van der Waals surface area contributed by atoms with Gasteiger partial charge < -0.3 is 10.2 Å². The van der Waals surface area contributed by atoms with Gasteiger partial charge in [-0.1, -0.05) is 11.6 Å². The first kappa shape index (κ1) is 14.0. The lowest BCUT2D eigenvalue weighted by molar-refractivity contribution is 0.0687. The maximum atomic E-state index is 13.8. The van der Waals surface area contributed by atoms with Crippen LogP contribution in [0.25, 0.3) is 11.1 Å². The number of carboxylic acids is 2. The van der Waals surface area contributed by atoms with E-state index in [1.165, 1.54) is 0 Å². The molecule has 0 spiro atoms. The van der Waals surface area contributed by atoms with E-state index in [0.717, 1.165) is 30.5 Å². The lowest BCUT2D eigenvalue weighted by Crippen LogP contribution is -2.03. The van der Waals surface area contributed by atoms with E-state index in [0.29, 0.717) is 0 Å². The molecule has 1 aromatic heterocycles. The minimum atomic E-state index is -1.32. The zero-order valence-electron chi connectivity index (χ0n) is 9.80. The number of aromatic carboxylic acids is 2. The van der Waals surface area contributed by atoms with Crippen LogP contribution in [0.5, 0.6) is 0 Å². The lowest BCUT2D eigenvalue weighted by Gasteiger charge is -2.08. The molecular formula is C13H7ClFNO4. The van der Waals surface area contributed by atoms with Crippen LogP contribution in [0.4, 0.5) is 4.39 Å². The fourth-order valence-electron chi connectivity index (χ4n) is 1.69. The molecule has 0 aliphatic heterocycles. The average molecular weight is 296 g/mol. The van der Waals surface area contributed by atoms with Crippen molar-refractivity contribution in [1.29, 1.82) is 0 Å². The van der Waals surface area contributed by atoms with Gasteiger partial charge in [-0.2, -0.15) is 0 Å². The molecular weight excluding hydrogens is 289 g/mol. The van der Waals surface area contributed by atoms with Crippen molar-refractivity contribution in [3.05, 3.63) is 52.6 Å². The molecule has 20 heavy (non-hydrogen) atoms. The van der Waals surface area contributed by atoms with Gasteiger partial charge in [0.1, 0.15) is 11.0 Å². The molecule has 0 fully saturated rings. The third-order valence-electron chi connectivity index (χ3n) is 2.60. The summed E-state index contributed by atoms with van der Waals surface area (Å²) in [4.78, 5) is 25.7. The highest BCUT2D eigenvalue weighted by Crippen LogP contribution is 2.28. The Kier molecular flexibility index (Phi) is 3.67. The molecule has 7 heteroatoms. The second kappa shape index (κ2) is 5.26. The van der Waals surface area contributed by atoms with Crippen LogP contribution in [-0.4, -0.2) is 27.1 Å². The predicted octanol–water partition coefficient (Wildman–Crippen LogP) is 2.94. The molecule has 2 aromatic rings. The van der Waals surface area contributed by atoms with Gasteiger partial charge in [0.05, 0.1) is 11.1 Å². The summed E-state index contributed by atoms with van der Waals surface area (Å²) < 4.78 is 13.8. The first-order valence-corrected chi connectivity index (χ1v) is 5.70. The first-order valence-electron chi connectivity index (χ1n) is 5.32. The number of halogens is 2. The third-order valence-corrected chi connectivity index (χ3v) is 2.81. The van der Waals surface area contributed by atoms with Crippen LogP contribution in [0.1, 0.15) is 20.7 Å². The molecule has 0 atom stereocenters. The number of hydrogen-bond acceptors (Lipinski definition) is 3. The summed E-state index contributed by atoms with van der Waals surface area (Å²) in [6.07, 6.45) is 1.09. The van der Waals surface area contributed by atoms with Gasteiger partial charge in [0.15, 0.2) is 0 Å². The summed E-state index contributed by atoms with van der Waals surface area (Å²) in [5.74, 6) is -3.31. The number of hydrogen-bond donors (Lipinski definition) is 2. The Labute approximate surface area is 117 Å². The van der Waals surface area contributed by atoms with Crippen LogP contribution in [-0.2, 0) is 0 Å². The largest absolute Gasteiger partial charge is 0.478 e. The van der Waals surface area contributed by atoms with Gasteiger partial charge in [-0.05, 0) is 24.3 Å². The van der Waals surface area contributed by atoms with Crippen molar-refractivity contribution in [2.45, 2.75) is 0 Å². The average Bonchev–Trinajstić information content (AvgIpc) is 2.39. The standard InChI is InChI=1S/C13H7ClFNO4/c14-11-4-8(13(19)20)9(5-16-11)7-3-6(12(17)18)1-2-10(7)15/h1-5H,(H,17,18)(H,19,20). The molecule has 0 bridgehead atoms. The van der Waals surface area contributed by atoms with Gasteiger partial charge in [-0.25, -0.2) is 19.0 Å². The normalized spacial score (nSPS) is 10.3. The maximum Gasteiger partial charge on any atom is 0.336 e. The van der Waals surface area contributed by atoms with Gasteiger partial charge in [0.25, 0.3) is 0 Å². The van der Waals surface area contributed by atoms with E-state index in [2.05, 4.69) is 4.98 Å². The van der Waals surface area contributed by atoms with Crippen molar-refractivity contribution in [3.63, 3.8) is 0 Å². The molecule has 0 aliphatic rings. The Morgan fingerprint density at radius 2 is 1.80 bits per heavy atom. The zero-order valence-corrected chi connectivity index (χ0v) is 10.6. The number of nitrogens with zero attached hydrogens (tertiary/aromatic N) is 1. The summed E-state index contributed by atoms with van der Waals surface area (Å²) in [5.41, 5.74) is -0.618. The van der Waals surface area contributed by atoms with Crippen LogP contribution in [0.15, 0.2) is 30.5 Å². The maximum absolute atomic E-state index is 13.8. The third kappa shape index (κ3) is 2.60. The summed E-state index contributed by atoms with van der Waals surface area (Å²) in [6.45, 7) is 0. The fraction of sp³-hybridized carbons (Fsp3) is 0. The van der Waals surface area contributed by atoms with Crippen LogP contribution in [0.3, 0.4) is 0 Å². The van der Waals surface area contributed by atoms with E-state index in [4.69, 9.17) is 21.8 Å². The molecule has 2 rings (SSSR count). The van der Waals surface area contributed by atoms with Crippen LogP contribution in [0, 0.1) is 5.82 Å². The van der Waals surface area contributed by atoms with Gasteiger partial charge in [0, 0.05) is 17.3 Å². The molecule has 0 saturated heterocycles. The smallest absolute Gasteiger partial charge is 0.336 e. The molecule has 0 amide bonds. The number of carboxylic acid groups (broad SMARTS) is 2. The SMILES string of the molecule is O=C(O)c1ccc(F)c(-c2cnc(Cl)cc2C(=O)O)c1. The molecule has 1 heterocycles. The number of carbonyl (C=O) groups is 2. The van der Waals surface area contributed by atoms with E-state index in [-0.39, 0.29) is 27.4 Å². The molecule has 5 nitrogen and oxygen atoms in total. The van der Waals surface area contributed by atoms with Crippen molar-refractivity contribution in [3.8, 4) is 11.1 Å². The van der Waals surface area contributed by atoms with Crippen molar-refractivity contribution >= 4 is 23.5 Å².